The van der Waals surface area contributed by atoms with Crippen LogP contribution in [0.15, 0.2) is 60.7 Å². The highest BCUT2D eigenvalue weighted by molar-refractivity contribution is 5.97. The van der Waals surface area contributed by atoms with E-state index >= 15 is 0 Å². The number of nitrogens with one attached hydrogen (secondary N) is 1. The van der Waals surface area contributed by atoms with Crippen molar-refractivity contribution in [1.82, 2.24) is 10.2 Å². The molecule has 0 saturated carbocycles. The number of amides is 2. The van der Waals surface area contributed by atoms with Crippen LogP contribution in [-0.2, 0) is 11.2 Å². The van der Waals surface area contributed by atoms with Crippen LogP contribution < -0.4 is 5.32 Å². The van der Waals surface area contributed by atoms with Crippen molar-refractivity contribution in [3.8, 4) is 0 Å². The summed E-state index contributed by atoms with van der Waals surface area (Å²) in [5.74, 6) is -2.43. The van der Waals surface area contributed by atoms with E-state index in [0.717, 1.165) is 5.56 Å². The summed E-state index contributed by atoms with van der Waals surface area (Å²) in [6, 6.07) is 16.6. The van der Waals surface area contributed by atoms with E-state index in [1.54, 1.807) is 30.3 Å². The highest BCUT2D eigenvalue weighted by atomic mass is 19.4. The normalized spacial score (nSPS) is 18.2. The Balaban J connectivity index is 1.78. The van der Waals surface area contributed by atoms with Gasteiger partial charge in [0.05, 0.1) is 5.92 Å². The van der Waals surface area contributed by atoms with Crippen molar-refractivity contribution in [2.75, 3.05) is 13.1 Å². The Kier molecular flexibility index (Phi) is 6.56. The number of likely N-dealkylation sites (tertiary alicyclic amines) is 1. The molecule has 29 heavy (non-hydrogen) atoms. The maximum Gasteiger partial charge on any atom is 0.393 e. The number of nitrogens with zero attached hydrogens (tertiary/aromatic N) is 1. The van der Waals surface area contributed by atoms with Crippen LogP contribution in [0.3, 0.4) is 0 Å². The van der Waals surface area contributed by atoms with E-state index < -0.39 is 30.0 Å². The predicted molar refractivity (Wildman–Crippen MR) is 103 cm³/mol. The van der Waals surface area contributed by atoms with E-state index in [4.69, 9.17) is 0 Å². The minimum absolute atomic E-state index is 0.0208. The van der Waals surface area contributed by atoms with Gasteiger partial charge in [0.15, 0.2) is 0 Å². The number of rotatable bonds is 5. The third-order valence-corrected chi connectivity index (χ3v) is 5.12. The van der Waals surface area contributed by atoms with Crippen LogP contribution in [0.5, 0.6) is 0 Å². The molecule has 0 radical (unpaired) electrons. The van der Waals surface area contributed by atoms with Gasteiger partial charge in [-0.05, 0) is 30.5 Å². The number of piperidine rings is 1. The molecule has 1 aliphatic rings. The Morgan fingerprint density at radius 1 is 1.03 bits per heavy atom. The molecule has 1 fully saturated rings. The van der Waals surface area contributed by atoms with Crippen LogP contribution in [0, 0.1) is 5.92 Å². The lowest BCUT2D eigenvalue weighted by Crippen LogP contribution is -2.53. The zero-order chi connectivity index (χ0) is 20.9. The van der Waals surface area contributed by atoms with Crippen LogP contribution in [0.4, 0.5) is 13.2 Å². The number of alkyl halides is 3. The second kappa shape index (κ2) is 9.11. The first-order valence-electron chi connectivity index (χ1n) is 9.60. The Hall–Kier alpha value is -2.83. The SMILES string of the molecule is O=C(N[C@H](Cc1ccccc1)C(=O)N1CCC[C@H](C(F)(F)F)C1)c1ccccc1. The van der Waals surface area contributed by atoms with Crippen molar-refractivity contribution < 1.29 is 22.8 Å². The summed E-state index contributed by atoms with van der Waals surface area (Å²) in [7, 11) is 0. The van der Waals surface area contributed by atoms with Gasteiger partial charge in [-0.15, -0.1) is 0 Å². The number of hydrogen-bond acceptors (Lipinski definition) is 2. The van der Waals surface area contributed by atoms with Gasteiger partial charge in [-0.2, -0.15) is 13.2 Å². The summed E-state index contributed by atoms with van der Waals surface area (Å²) < 4.78 is 39.4. The summed E-state index contributed by atoms with van der Waals surface area (Å²) in [5.41, 5.74) is 1.22. The van der Waals surface area contributed by atoms with Crippen molar-refractivity contribution in [3.05, 3.63) is 71.8 Å². The molecule has 1 saturated heterocycles. The van der Waals surface area contributed by atoms with Gasteiger partial charge in [-0.25, -0.2) is 0 Å². The summed E-state index contributed by atoms with van der Waals surface area (Å²) >= 11 is 0. The molecule has 0 bridgehead atoms. The van der Waals surface area contributed by atoms with Gasteiger partial charge in [0.2, 0.25) is 5.91 Å². The molecule has 1 N–H and O–H groups in total. The van der Waals surface area contributed by atoms with Crippen molar-refractivity contribution in [2.45, 2.75) is 31.5 Å². The highest BCUT2D eigenvalue weighted by Gasteiger charge is 2.43. The van der Waals surface area contributed by atoms with E-state index in [9.17, 15) is 22.8 Å². The van der Waals surface area contributed by atoms with E-state index in [0.29, 0.717) is 12.0 Å². The van der Waals surface area contributed by atoms with E-state index in [-0.39, 0.29) is 25.9 Å². The summed E-state index contributed by atoms with van der Waals surface area (Å²) in [4.78, 5) is 26.9. The van der Waals surface area contributed by atoms with Crippen molar-refractivity contribution in [3.63, 3.8) is 0 Å². The molecule has 154 valence electrons. The smallest absolute Gasteiger partial charge is 0.340 e. The Labute approximate surface area is 167 Å². The third-order valence-electron chi connectivity index (χ3n) is 5.12. The van der Waals surface area contributed by atoms with Crippen molar-refractivity contribution >= 4 is 11.8 Å². The minimum atomic E-state index is -4.33. The molecule has 2 amide bonds. The van der Waals surface area contributed by atoms with Gasteiger partial charge in [0.25, 0.3) is 5.91 Å². The average Bonchev–Trinajstić information content (AvgIpc) is 2.73. The average molecular weight is 404 g/mol. The molecule has 0 aromatic heterocycles. The van der Waals surface area contributed by atoms with Gasteiger partial charge in [-0.3, -0.25) is 9.59 Å². The second-order valence-corrected chi connectivity index (χ2v) is 7.25. The molecule has 0 aliphatic carbocycles. The maximum absolute atomic E-state index is 13.1. The fourth-order valence-corrected chi connectivity index (χ4v) is 3.55. The minimum Gasteiger partial charge on any atom is -0.340 e. The summed E-state index contributed by atoms with van der Waals surface area (Å²) in [5, 5.41) is 2.72. The summed E-state index contributed by atoms with van der Waals surface area (Å²) in [6.45, 7) is -0.104. The van der Waals surface area contributed by atoms with Gasteiger partial charge in [0, 0.05) is 25.1 Å². The van der Waals surface area contributed by atoms with E-state index in [2.05, 4.69) is 5.32 Å². The third kappa shape index (κ3) is 5.59. The molecule has 2 aromatic rings. The fraction of sp³-hybridized carbons (Fsp3) is 0.364. The molecule has 2 atom stereocenters. The van der Waals surface area contributed by atoms with Crippen molar-refractivity contribution in [1.29, 1.82) is 0 Å². The zero-order valence-corrected chi connectivity index (χ0v) is 15.9. The van der Waals surface area contributed by atoms with Crippen molar-refractivity contribution in [2.24, 2.45) is 5.92 Å². The number of halogens is 3. The highest BCUT2D eigenvalue weighted by Crippen LogP contribution is 2.33. The molecule has 1 heterocycles. The van der Waals surface area contributed by atoms with E-state index in [1.807, 2.05) is 30.3 Å². The van der Waals surface area contributed by atoms with Gasteiger partial charge in [-0.1, -0.05) is 48.5 Å². The quantitative estimate of drug-likeness (QED) is 0.824. The first-order chi connectivity index (χ1) is 13.8. The molecule has 4 nitrogen and oxygen atoms in total. The monoisotopic (exact) mass is 404 g/mol. The molecular weight excluding hydrogens is 381 g/mol. The van der Waals surface area contributed by atoms with Crippen LogP contribution in [0.2, 0.25) is 0 Å². The Bertz CT molecular complexity index is 825. The van der Waals surface area contributed by atoms with Crippen LogP contribution in [0.1, 0.15) is 28.8 Å². The standard InChI is InChI=1S/C22H23F3N2O2/c23-22(24,25)18-12-7-13-27(15-18)21(29)19(14-16-8-3-1-4-9-16)26-20(28)17-10-5-2-6-11-17/h1-6,8-11,18-19H,7,12-15H2,(H,26,28)/t18-,19+/m0/s1. The lowest BCUT2D eigenvalue weighted by Gasteiger charge is -2.36. The maximum atomic E-state index is 13.1. The number of hydrogen-bond donors (Lipinski definition) is 1. The second-order valence-electron chi connectivity index (χ2n) is 7.25. The zero-order valence-electron chi connectivity index (χ0n) is 15.9. The first kappa shape index (κ1) is 20.9. The molecule has 2 aromatic carbocycles. The summed E-state index contributed by atoms with van der Waals surface area (Å²) in [6.07, 6.45) is -3.81. The predicted octanol–water partition coefficient (Wildman–Crippen LogP) is 3.83. The molecule has 0 spiro atoms. The van der Waals surface area contributed by atoms with Crippen LogP contribution >= 0.6 is 0 Å². The molecule has 1 aliphatic heterocycles. The number of carbonyl (C=O) groups excluding carboxylic acids is 2. The van der Waals surface area contributed by atoms with Gasteiger partial charge in [0.1, 0.15) is 6.04 Å². The topological polar surface area (TPSA) is 49.4 Å². The lowest BCUT2D eigenvalue weighted by molar-refractivity contribution is -0.188. The molecule has 7 heteroatoms. The largest absolute Gasteiger partial charge is 0.393 e. The van der Waals surface area contributed by atoms with Gasteiger partial charge < -0.3 is 10.2 Å². The van der Waals surface area contributed by atoms with Gasteiger partial charge >= 0.3 is 6.18 Å². The molecular formula is C22H23F3N2O2. The Morgan fingerprint density at radius 3 is 2.28 bits per heavy atom. The first-order valence-corrected chi connectivity index (χ1v) is 9.60. The Morgan fingerprint density at radius 2 is 1.66 bits per heavy atom. The number of benzene rings is 2. The molecule has 3 rings (SSSR count). The van der Waals surface area contributed by atoms with E-state index in [1.165, 1.54) is 4.90 Å². The van der Waals surface area contributed by atoms with Crippen LogP contribution in [0.25, 0.3) is 0 Å². The van der Waals surface area contributed by atoms with Crippen LogP contribution in [-0.4, -0.2) is 42.0 Å². The number of carbonyl (C=O) groups is 2. The lowest BCUT2D eigenvalue weighted by atomic mass is 9.96. The molecule has 0 unspecified atom stereocenters. The fourth-order valence-electron chi connectivity index (χ4n) is 3.55.